The second kappa shape index (κ2) is 6.94. The van der Waals surface area contributed by atoms with E-state index in [1.54, 1.807) is 22.7 Å². The zero-order valence-electron chi connectivity index (χ0n) is 12.8. The first kappa shape index (κ1) is 18.2. The molecule has 0 saturated heterocycles. The molecule has 0 aliphatic rings. The molecule has 2 aromatic heterocycles. The number of imidazole rings is 1. The van der Waals surface area contributed by atoms with E-state index in [1.807, 2.05) is 0 Å². The molecule has 3 rings (SSSR count). The molecule has 0 fully saturated rings. The second-order valence-electron chi connectivity index (χ2n) is 5.22. The van der Waals surface area contributed by atoms with Crippen molar-refractivity contribution in [3.8, 4) is 5.75 Å². The monoisotopic (exact) mass is 431 g/mol. The summed E-state index contributed by atoms with van der Waals surface area (Å²) in [5, 5.41) is 2.42. The third kappa shape index (κ3) is 4.31. The standard InChI is InChI=1S/C16H10BrF4N3O2/c17-10-1-4-14-23-13(8-24(14)7-10)15(25)22-6-9-5-11(2-3-12(9)18)26-16(19,20)21/h1-5,7-8H,6H2,(H,22,25). The van der Waals surface area contributed by atoms with Gasteiger partial charge in [0.05, 0.1) is 0 Å². The van der Waals surface area contributed by atoms with Crippen molar-refractivity contribution in [2.24, 2.45) is 0 Å². The second-order valence-corrected chi connectivity index (χ2v) is 6.14. The highest BCUT2D eigenvalue weighted by Gasteiger charge is 2.31. The Morgan fingerprint density at radius 2 is 2.00 bits per heavy atom. The van der Waals surface area contributed by atoms with Gasteiger partial charge in [0.1, 0.15) is 22.9 Å². The van der Waals surface area contributed by atoms with E-state index in [2.05, 4.69) is 31.0 Å². The molecule has 0 unspecified atom stereocenters. The Bertz CT molecular complexity index is 972. The lowest BCUT2D eigenvalue weighted by Gasteiger charge is -2.11. The number of carbonyl (C=O) groups excluding carboxylic acids is 1. The highest BCUT2D eigenvalue weighted by Crippen LogP contribution is 2.24. The van der Waals surface area contributed by atoms with Gasteiger partial charge in [0.15, 0.2) is 0 Å². The van der Waals surface area contributed by atoms with Crippen LogP contribution in [-0.2, 0) is 6.54 Å². The van der Waals surface area contributed by atoms with Gasteiger partial charge in [-0.05, 0) is 46.3 Å². The van der Waals surface area contributed by atoms with Crippen molar-refractivity contribution in [2.45, 2.75) is 12.9 Å². The third-order valence-corrected chi connectivity index (χ3v) is 3.81. The molecule has 3 aromatic rings. The van der Waals surface area contributed by atoms with Crippen LogP contribution >= 0.6 is 15.9 Å². The number of hydrogen-bond acceptors (Lipinski definition) is 3. The Morgan fingerprint density at radius 3 is 2.73 bits per heavy atom. The number of benzene rings is 1. The van der Waals surface area contributed by atoms with Gasteiger partial charge >= 0.3 is 6.36 Å². The maximum atomic E-state index is 13.8. The molecular weight excluding hydrogens is 422 g/mol. The minimum absolute atomic E-state index is 0.0891. The summed E-state index contributed by atoms with van der Waals surface area (Å²) < 4.78 is 56.6. The average molecular weight is 432 g/mol. The van der Waals surface area contributed by atoms with Crippen molar-refractivity contribution in [1.82, 2.24) is 14.7 Å². The minimum atomic E-state index is -4.89. The first-order chi connectivity index (χ1) is 12.2. The molecule has 0 atom stereocenters. The van der Waals surface area contributed by atoms with Crippen molar-refractivity contribution in [1.29, 1.82) is 0 Å². The Labute approximate surface area is 152 Å². The third-order valence-electron chi connectivity index (χ3n) is 3.34. The van der Waals surface area contributed by atoms with Gasteiger partial charge in [-0.25, -0.2) is 9.37 Å². The summed E-state index contributed by atoms with van der Waals surface area (Å²) in [7, 11) is 0. The van der Waals surface area contributed by atoms with E-state index < -0.39 is 23.8 Å². The number of amides is 1. The maximum absolute atomic E-state index is 13.8. The van der Waals surface area contributed by atoms with E-state index >= 15 is 0 Å². The molecule has 136 valence electrons. The van der Waals surface area contributed by atoms with Crippen LogP contribution in [0.1, 0.15) is 16.1 Å². The molecule has 5 nitrogen and oxygen atoms in total. The number of hydrogen-bond donors (Lipinski definition) is 1. The predicted octanol–water partition coefficient (Wildman–Crippen LogP) is 4.06. The molecule has 0 radical (unpaired) electrons. The van der Waals surface area contributed by atoms with E-state index in [0.29, 0.717) is 5.65 Å². The predicted molar refractivity (Wildman–Crippen MR) is 87.1 cm³/mol. The number of alkyl halides is 3. The van der Waals surface area contributed by atoms with E-state index in [9.17, 15) is 22.4 Å². The fraction of sp³-hybridized carbons (Fsp3) is 0.125. The molecule has 2 heterocycles. The lowest BCUT2D eigenvalue weighted by Crippen LogP contribution is -2.24. The SMILES string of the molecule is O=C(NCc1cc(OC(F)(F)F)ccc1F)c1cn2cc(Br)ccc2n1. The summed E-state index contributed by atoms with van der Waals surface area (Å²) in [6.45, 7) is -0.322. The number of halogens is 5. The van der Waals surface area contributed by atoms with Crippen LogP contribution in [0.3, 0.4) is 0 Å². The summed E-state index contributed by atoms with van der Waals surface area (Å²) in [4.78, 5) is 16.3. The molecule has 0 aliphatic heterocycles. The van der Waals surface area contributed by atoms with E-state index in [0.717, 1.165) is 22.7 Å². The zero-order valence-corrected chi connectivity index (χ0v) is 14.4. The lowest BCUT2D eigenvalue weighted by atomic mass is 10.2. The van der Waals surface area contributed by atoms with Gasteiger partial charge < -0.3 is 14.5 Å². The topological polar surface area (TPSA) is 55.6 Å². The number of aromatic nitrogens is 2. The number of nitrogens with one attached hydrogen (secondary N) is 1. The molecule has 1 aromatic carbocycles. The van der Waals surface area contributed by atoms with E-state index in [1.165, 1.54) is 6.20 Å². The van der Waals surface area contributed by atoms with Crippen LogP contribution in [0, 0.1) is 5.82 Å². The molecule has 0 bridgehead atoms. The van der Waals surface area contributed by atoms with Gasteiger partial charge in [-0.2, -0.15) is 0 Å². The maximum Gasteiger partial charge on any atom is 0.573 e. The fourth-order valence-electron chi connectivity index (χ4n) is 2.22. The minimum Gasteiger partial charge on any atom is -0.406 e. The number of carbonyl (C=O) groups is 1. The number of nitrogens with zero attached hydrogens (tertiary/aromatic N) is 2. The summed E-state index contributed by atoms with van der Waals surface area (Å²) in [6, 6.07) is 6.02. The van der Waals surface area contributed by atoms with Crippen molar-refractivity contribution < 1.29 is 27.1 Å². The molecular formula is C16H10BrF4N3O2. The van der Waals surface area contributed by atoms with Crippen molar-refractivity contribution in [3.63, 3.8) is 0 Å². The molecule has 1 amide bonds. The van der Waals surface area contributed by atoms with Crippen molar-refractivity contribution in [2.75, 3.05) is 0 Å². The van der Waals surface area contributed by atoms with Gasteiger partial charge in [-0.1, -0.05) is 0 Å². The summed E-state index contributed by atoms with van der Waals surface area (Å²) in [5.41, 5.74) is 0.475. The van der Waals surface area contributed by atoms with Gasteiger partial charge in [0, 0.05) is 29.0 Å². The van der Waals surface area contributed by atoms with Gasteiger partial charge in [0.2, 0.25) is 0 Å². The van der Waals surface area contributed by atoms with Gasteiger partial charge in [-0.15, -0.1) is 13.2 Å². The van der Waals surface area contributed by atoms with Crippen LogP contribution in [0.5, 0.6) is 5.75 Å². The summed E-state index contributed by atoms with van der Waals surface area (Å²) in [5.74, 6) is -1.93. The Kier molecular flexibility index (Phi) is 4.86. The highest BCUT2D eigenvalue weighted by atomic mass is 79.9. The van der Waals surface area contributed by atoms with Crippen LogP contribution in [0.25, 0.3) is 5.65 Å². The molecule has 0 spiro atoms. The Morgan fingerprint density at radius 1 is 1.23 bits per heavy atom. The number of rotatable bonds is 4. The summed E-state index contributed by atoms with van der Waals surface area (Å²) >= 11 is 3.29. The van der Waals surface area contributed by atoms with Crippen molar-refractivity contribution in [3.05, 3.63) is 64.3 Å². The number of pyridine rings is 1. The van der Waals surface area contributed by atoms with Crippen LogP contribution in [0.15, 0.2) is 47.2 Å². The van der Waals surface area contributed by atoms with E-state index in [-0.39, 0.29) is 17.8 Å². The molecule has 0 aliphatic carbocycles. The largest absolute Gasteiger partial charge is 0.573 e. The molecule has 10 heteroatoms. The molecule has 26 heavy (non-hydrogen) atoms. The van der Waals surface area contributed by atoms with Crippen LogP contribution in [-0.4, -0.2) is 21.7 Å². The normalized spacial score (nSPS) is 11.6. The quantitative estimate of drug-likeness (QED) is 0.633. The highest BCUT2D eigenvalue weighted by molar-refractivity contribution is 9.10. The van der Waals surface area contributed by atoms with Gasteiger partial charge in [-0.3, -0.25) is 4.79 Å². The number of fused-ring (bicyclic) bond motifs is 1. The Hall–Kier alpha value is -2.62. The first-order valence-electron chi connectivity index (χ1n) is 7.18. The molecule has 0 saturated carbocycles. The Balaban J connectivity index is 1.73. The van der Waals surface area contributed by atoms with E-state index in [4.69, 9.17) is 0 Å². The van der Waals surface area contributed by atoms with Crippen LogP contribution in [0.2, 0.25) is 0 Å². The van der Waals surface area contributed by atoms with Gasteiger partial charge in [0.25, 0.3) is 5.91 Å². The first-order valence-corrected chi connectivity index (χ1v) is 7.97. The zero-order chi connectivity index (χ0) is 18.9. The van der Waals surface area contributed by atoms with Crippen LogP contribution < -0.4 is 10.1 Å². The molecule has 1 N–H and O–H groups in total. The lowest BCUT2D eigenvalue weighted by molar-refractivity contribution is -0.274. The smallest absolute Gasteiger partial charge is 0.406 e. The fourth-order valence-corrected chi connectivity index (χ4v) is 2.58. The number of ether oxygens (including phenoxy) is 1. The summed E-state index contributed by atoms with van der Waals surface area (Å²) in [6.07, 6.45) is -1.70. The van der Waals surface area contributed by atoms with Crippen molar-refractivity contribution >= 4 is 27.5 Å². The average Bonchev–Trinajstić information content (AvgIpc) is 2.97. The van der Waals surface area contributed by atoms with Crippen LogP contribution in [0.4, 0.5) is 17.6 Å².